The molecular weight excluding hydrogens is 268 g/mol. The minimum Gasteiger partial charge on any atom is -0.439 e. The molecular formula is C15H20N4O2. The van der Waals surface area contributed by atoms with Crippen LogP contribution >= 0.6 is 0 Å². The molecule has 1 amide bonds. The molecule has 0 aliphatic carbocycles. The highest BCUT2D eigenvalue weighted by Gasteiger charge is 2.18. The molecule has 0 spiro atoms. The highest BCUT2D eigenvalue weighted by atomic mass is 16.3. The molecule has 1 aromatic carbocycles. The molecule has 1 fully saturated rings. The van der Waals surface area contributed by atoms with E-state index in [1.165, 1.54) is 0 Å². The summed E-state index contributed by atoms with van der Waals surface area (Å²) in [4.78, 5) is 20.1. The molecule has 2 aromatic rings. The number of aromatic nitrogens is 1. The number of oxazole rings is 1. The van der Waals surface area contributed by atoms with Crippen LogP contribution < -0.4 is 5.73 Å². The van der Waals surface area contributed by atoms with Crippen LogP contribution in [0.3, 0.4) is 0 Å². The van der Waals surface area contributed by atoms with E-state index in [0.29, 0.717) is 18.1 Å². The SMILES string of the molecule is CC(=O)N1CCCN(Cc2nc3c(N)cccc3o2)CC1. The van der Waals surface area contributed by atoms with E-state index >= 15 is 0 Å². The van der Waals surface area contributed by atoms with Gasteiger partial charge in [-0.25, -0.2) is 4.98 Å². The van der Waals surface area contributed by atoms with E-state index in [1.807, 2.05) is 23.1 Å². The number of benzene rings is 1. The smallest absolute Gasteiger partial charge is 0.219 e. The maximum absolute atomic E-state index is 11.4. The Labute approximate surface area is 123 Å². The first-order valence-electron chi connectivity index (χ1n) is 7.25. The van der Waals surface area contributed by atoms with E-state index in [0.717, 1.165) is 43.7 Å². The van der Waals surface area contributed by atoms with Crippen molar-refractivity contribution in [1.29, 1.82) is 0 Å². The zero-order valence-electron chi connectivity index (χ0n) is 12.2. The largest absolute Gasteiger partial charge is 0.439 e. The Hall–Kier alpha value is -2.08. The van der Waals surface area contributed by atoms with Gasteiger partial charge in [-0.2, -0.15) is 0 Å². The first kappa shape index (κ1) is 13.9. The fourth-order valence-electron chi connectivity index (χ4n) is 2.72. The fourth-order valence-corrected chi connectivity index (χ4v) is 2.72. The van der Waals surface area contributed by atoms with Gasteiger partial charge in [0.1, 0.15) is 5.52 Å². The van der Waals surface area contributed by atoms with Crippen LogP contribution in [0, 0.1) is 0 Å². The van der Waals surface area contributed by atoms with Crippen molar-refractivity contribution < 1.29 is 9.21 Å². The van der Waals surface area contributed by atoms with Crippen LogP contribution in [0.25, 0.3) is 11.1 Å². The number of nitrogens with two attached hydrogens (primary N) is 1. The summed E-state index contributed by atoms with van der Waals surface area (Å²) in [6, 6.07) is 5.57. The molecule has 0 bridgehead atoms. The Morgan fingerprint density at radius 1 is 1.33 bits per heavy atom. The molecule has 0 saturated carbocycles. The maximum Gasteiger partial charge on any atom is 0.219 e. The third-order valence-electron chi connectivity index (χ3n) is 3.89. The number of carbonyl (C=O) groups is 1. The predicted molar refractivity (Wildman–Crippen MR) is 80.6 cm³/mol. The molecule has 0 unspecified atom stereocenters. The number of amides is 1. The second-order valence-electron chi connectivity index (χ2n) is 5.44. The summed E-state index contributed by atoms with van der Waals surface area (Å²) in [7, 11) is 0. The molecule has 1 saturated heterocycles. The minimum atomic E-state index is 0.145. The van der Waals surface area contributed by atoms with Crippen molar-refractivity contribution in [2.24, 2.45) is 0 Å². The standard InChI is InChI=1S/C15H20N4O2/c1-11(20)19-7-3-6-18(8-9-19)10-14-17-15-12(16)4-2-5-13(15)21-14/h2,4-5H,3,6-10,16H2,1H3. The lowest BCUT2D eigenvalue weighted by atomic mass is 10.3. The third kappa shape index (κ3) is 3.00. The minimum absolute atomic E-state index is 0.145. The number of rotatable bonds is 2. The highest BCUT2D eigenvalue weighted by Crippen LogP contribution is 2.22. The molecule has 1 aromatic heterocycles. The summed E-state index contributed by atoms with van der Waals surface area (Å²) in [5.74, 6) is 0.825. The molecule has 0 radical (unpaired) electrons. The van der Waals surface area contributed by atoms with Gasteiger partial charge in [0, 0.05) is 33.1 Å². The Bertz CT molecular complexity index is 652. The summed E-state index contributed by atoms with van der Waals surface area (Å²) in [5, 5.41) is 0. The molecule has 3 rings (SSSR count). The lowest BCUT2D eigenvalue weighted by Crippen LogP contribution is -2.33. The number of fused-ring (bicyclic) bond motifs is 1. The summed E-state index contributed by atoms with van der Waals surface area (Å²) < 4.78 is 5.75. The average Bonchev–Trinajstić information content (AvgIpc) is 2.71. The highest BCUT2D eigenvalue weighted by molar-refractivity contribution is 5.85. The topological polar surface area (TPSA) is 75.6 Å². The van der Waals surface area contributed by atoms with E-state index in [9.17, 15) is 4.79 Å². The van der Waals surface area contributed by atoms with Crippen LogP contribution in [-0.4, -0.2) is 46.9 Å². The third-order valence-corrected chi connectivity index (χ3v) is 3.89. The molecule has 112 valence electrons. The molecule has 2 N–H and O–H groups in total. The van der Waals surface area contributed by atoms with E-state index in [1.54, 1.807) is 6.92 Å². The Morgan fingerprint density at radius 2 is 2.19 bits per heavy atom. The molecule has 1 aliphatic rings. The van der Waals surface area contributed by atoms with Crippen LogP contribution in [-0.2, 0) is 11.3 Å². The number of carbonyl (C=O) groups excluding carboxylic acids is 1. The number of para-hydroxylation sites is 1. The van der Waals surface area contributed by atoms with E-state index < -0.39 is 0 Å². The van der Waals surface area contributed by atoms with Crippen molar-refractivity contribution >= 4 is 22.7 Å². The second kappa shape index (κ2) is 5.73. The van der Waals surface area contributed by atoms with Gasteiger partial charge in [0.2, 0.25) is 11.8 Å². The monoisotopic (exact) mass is 288 g/mol. The van der Waals surface area contributed by atoms with E-state index in [-0.39, 0.29) is 5.91 Å². The number of nitrogen functional groups attached to an aromatic ring is 1. The van der Waals surface area contributed by atoms with Gasteiger partial charge in [-0.15, -0.1) is 0 Å². The van der Waals surface area contributed by atoms with Crippen LogP contribution in [0.5, 0.6) is 0 Å². The quantitative estimate of drug-likeness (QED) is 0.847. The van der Waals surface area contributed by atoms with Crippen molar-refractivity contribution in [3.05, 3.63) is 24.1 Å². The molecule has 6 heteroatoms. The van der Waals surface area contributed by atoms with Crippen molar-refractivity contribution in [1.82, 2.24) is 14.8 Å². The lowest BCUT2D eigenvalue weighted by Gasteiger charge is -2.19. The summed E-state index contributed by atoms with van der Waals surface area (Å²) in [6.45, 7) is 5.65. The average molecular weight is 288 g/mol. The van der Waals surface area contributed by atoms with E-state index in [2.05, 4.69) is 9.88 Å². The molecule has 0 atom stereocenters. The van der Waals surface area contributed by atoms with Crippen molar-refractivity contribution in [2.75, 3.05) is 31.9 Å². The van der Waals surface area contributed by atoms with Crippen LogP contribution in [0.2, 0.25) is 0 Å². The van der Waals surface area contributed by atoms with Crippen LogP contribution in [0.15, 0.2) is 22.6 Å². The fraction of sp³-hybridized carbons (Fsp3) is 0.467. The van der Waals surface area contributed by atoms with Gasteiger partial charge in [0.05, 0.1) is 12.2 Å². The Kier molecular flexibility index (Phi) is 3.79. The van der Waals surface area contributed by atoms with Crippen LogP contribution in [0.1, 0.15) is 19.2 Å². The molecule has 1 aliphatic heterocycles. The second-order valence-corrected chi connectivity index (χ2v) is 5.44. The summed E-state index contributed by atoms with van der Waals surface area (Å²) >= 11 is 0. The lowest BCUT2D eigenvalue weighted by molar-refractivity contribution is -0.128. The van der Waals surface area contributed by atoms with Crippen molar-refractivity contribution in [2.45, 2.75) is 19.9 Å². The van der Waals surface area contributed by atoms with Gasteiger partial charge in [0.25, 0.3) is 0 Å². The first-order chi connectivity index (χ1) is 10.1. The number of hydrogen-bond acceptors (Lipinski definition) is 5. The zero-order chi connectivity index (χ0) is 14.8. The molecule has 6 nitrogen and oxygen atoms in total. The number of hydrogen-bond donors (Lipinski definition) is 1. The van der Waals surface area contributed by atoms with Gasteiger partial charge in [0.15, 0.2) is 5.58 Å². The Morgan fingerprint density at radius 3 is 2.95 bits per heavy atom. The van der Waals surface area contributed by atoms with Gasteiger partial charge in [-0.3, -0.25) is 9.69 Å². The van der Waals surface area contributed by atoms with Gasteiger partial charge >= 0.3 is 0 Å². The molecule has 21 heavy (non-hydrogen) atoms. The van der Waals surface area contributed by atoms with Gasteiger partial charge in [-0.1, -0.05) is 6.07 Å². The first-order valence-corrected chi connectivity index (χ1v) is 7.25. The summed E-state index contributed by atoms with van der Waals surface area (Å²) in [6.07, 6.45) is 0.974. The number of anilines is 1. The van der Waals surface area contributed by atoms with Crippen LogP contribution in [0.4, 0.5) is 5.69 Å². The van der Waals surface area contributed by atoms with Crippen molar-refractivity contribution in [3.8, 4) is 0 Å². The van der Waals surface area contributed by atoms with Gasteiger partial charge in [-0.05, 0) is 18.6 Å². The van der Waals surface area contributed by atoms with Crippen molar-refractivity contribution in [3.63, 3.8) is 0 Å². The number of nitrogens with zero attached hydrogens (tertiary/aromatic N) is 3. The normalized spacial score (nSPS) is 17.1. The summed E-state index contributed by atoms with van der Waals surface area (Å²) in [5.41, 5.74) is 8.00. The van der Waals surface area contributed by atoms with E-state index in [4.69, 9.17) is 10.2 Å². The maximum atomic E-state index is 11.4. The Balaban J connectivity index is 1.70. The predicted octanol–water partition coefficient (Wildman–Crippen LogP) is 1.46. The zero-order valence-corrected chi connectivity index (χ0v) is 12.2. The molecule has 2 heterocycles. The van der Waals surface area contributed by atoms with Gasteiger partial charge < -0.3 is 15.1 Å².